The van der Waals surface area contributed by atoms with Crippen LogP contribution in [0.4, 0.5) is 0 Å². The maximum Gasteiger partial charge on any atom is 0.336 e. The predicted octanol–water partition coefficient (Wildman–Crippen LogP) is 6.49. The van der Waals surface area contributed by atoms with Crippen LogP contribution in [0.5, 0.6) is 0 Å². The van der Waals surface area contributed by atoms with Crippen molar-refractivity contribution in [2.24, 2.45) is 0 Å². The van der Waals surface area contributed by atoms with Gasteiger partial charge in [-0.05, 0) is 70.3 Å². The standard InChI is InChI=1S/C27H28O4/c1-4-11-18-16-17(5-2)19(6-3)25(21-13-8-10-15-23(21)27(30)31)24(18)20-12-7-9-14-22(20)26(28)29/h7-10,12-16H,4-6,11H2,1-3H3,(H,28,29)(H,30,31). The third-order valence-corrected chi connectivity index (χ3v) is 5.72. The van der Waals surface area contributed by atoms with E-state index in [-0.39, 0.29) is 11.1 Å². The van der Waals surface area contributed by atoms with Crippen LogP contribution in [0.15, 0.2) is 54.6 Å². The normalized spacial score (nSPS) is 10.8. The average Bonchev–Trinajstić information content (AvgIpc) is 2.78. The van der Waals surface area contributed by atoms with Gasteiger partial charge in [0.15, 0.2) is 0 Å². The third kappa shape index (κ3) is 4.24. The molecule has 2 N–H and O–H groups in total. The first kappa shape index (κ1) is 22.3. The molecule has 0 aliphatic heterocycles. The summed E-state index contributed by atoms with van der Waals surface area (Å²) in [4.78, 5) is 24.2. The van der Waals surface area contributed by atoms with E-state index in [4.69, 9.17) is 0 Å². The maximum atomic E-state index is 12.1. The van der Waals surface area contributed by atoms with Gasteiger partial charge in [0.2, 0.25) is 0 Å². The molecular weight excluding hydrogens is 388 g/mol. The van der Waals surface area contributed by atoms with E-state index in [1.165, 1.54) is 5.56 Å². The molecule has 160 valence electrons. The molecule has 0 fully saturated rings. The smallest absolute Gasteiger partial charge is 0.336 e. The predicted molar refractivity (Wildman–Crippen MR) is 124 cm³/mol. The maximum absolute atomic E-state index is 12.1. The Morgan fingerprint density at radius 3 is 1.68 bits per heavy atom. The van der Waals surface area contributed by atoms with E-state index in [1.807, 2.05) is 24.3 Å². The monoisotopic (exact) mass is 416 g/mol. The Morgan fingerprint density at radius 2 is 1.23 bits per heavy atom. The average molecular weight is 417 g/mol. The number of rotatable bonds is 8. The second-order valence-electron chi connectivity index (χ2n) is 7.58. The molecule has 4 nitrogen and oxygen atoms in total. The number of carboxylic acids is 2. The van der Waals surface area contributed by atoms with Crippen molar-refractivity contribution in [1.82, 2.24) is 0 Å². The van der Waals surface area contributed by atoms with Crippen molar-refractivity contribution >= 4 is 11.9 Å². The van der Waals surface area contributed by atoms with Crippen LogP contribution in [0.25, 0.3) is 22.3 Å². The van der Waals surface area contributed by atoms with Crippen molar-refractivity contribution in [2.45, 2.75) is 46.5 Å². The fraction of sp³-hybridized carbons (Fsp3) is 0.259. The minimum atomic E-state index is -0.992. The van der Waals surface area contributed by atoms with Crippen molar-refractivity contribution in [2.75, 3.05) is 0 Å². The lowest BCUT2D eigenvalue weighted by molar-refractivity contribution is 0.0686. The highest BCUT2D eigenvalue weighted by Crippen LogP contribution is 2.43. The van der Waals surface area contributed by atoms with Gasteiger partial charge >= 0.3 is 11.9 Å². The number of carbonyl (C=O) groups is 2. The minimum absolute atomic E-state index is 0.222. The Kier molecular flexibility index (Phi) is 6.91. The van der Waals surface area contributed by atoms with Crippen LogP contribution >= 0.6 is 0 Å². The first-order valence-corrected chi connectivity index (χ1v) is 10.8. The Balaban J connectivity index is 2.57. The highest BCUT2D eigenvalue weighted by Gasteiger charge is 2.24. The van der Waals surface area contributed by atoms with E-state index in [0.717, 1.165) is 47.9 Å². The number of carboxylic acid groups (broad SMARTS) is 2. The summed E-state index contributed by atoms with van der Waals surface area (Å²) in [6.45, 7) is 6.26. The summed E-state index contributed by atoms with van der Waals surface area (Å²) < 4.78 is 0. The molecule has 0 aromatic heterocycles. The molecule has 0 unspecified atom stereocenters. The van der Waals surface area contributed by atoms with E-state index in [0.29, 0.717) is 11.1 Å². The number of hydrogen-bond acceptors (Lipinski definition) is 2. The van der Waals surface area contributed by atoms with Crippen LogP contribution in [0, 0.1) is 0 Å². The fourth-order valence-corrected chi connectivity index (χ4v) is 4.41. The van der Waals surface area contributed by atoms with E-state index >= 15 is 0 Å². The van der Waals surface area contributed by atoms with Gasteiger partial charge in [-0.15, -0.1) is 0 Å². The van der Waals surface area contributed by atoms with Gasteiger partial charge in [-0.2, -0.15) is 0 Å². The van der Waals surface area contributed by atoms with Crippen LogP contribution in [-0.4, -0.2) is 22.2 Å². The highest BCUT2D eigenvalue weighted by molar-refractivity contribution is 6.04. The number of benzene rings is 3. The van der Waals surface area contributed by atoms with Gasteiger partial charge in [-0.3, -0.25) is 0 Å². The summed E-state index contributed by atoms with van der Waals surface area (Å²) in [5.74, 6) is -1.98. The minimum Gasteiger partial charge on any atom is -0.478 e. The number of aryl methyl sites for hydroxylation is 2. The second-order valence-corrected chi connectivity index (χ2v) is 7.58. The lowest BCUT2D eigenvalue weighted by Gasteiger charge is -2.24. The number of hydrogen-bond donors (Lipinski definition) is 2. The molecule has 0 amide bonds. The van der Waals surface area contributed by atoms with Gasteiger partial charge in [0.25, 0.3) is 0 Å². The molecule has 0 bridgehead atoms. The van der Waals surface area contributed by atoms with Crippen molar-refractivity contribution in [3.8, 4) is 22.3 Å². The van der Waals surface area contributed by atoms with E-state index < -0.39 is 11.9 Å². The van der Waals surface area contributed by atoms with Crippen LogP contribution in [0.2, 0.25) is 0 Å². The van der Waals surface area contributed by atoms with Gasteiger partial charge < -0.3 is 10.2 Å². The molecule has 0 heterocycles. The summed E-state index contributed by atoms with van der Waals surface area (Å²) in [6.07, 6.45) is 3.23. The molecule has 3 rings (SSSR count). The summed E-state index contributed by atoms with van der Waals surface area (Å²) in [6, 6.07) is 16.2. The first-order chi connectivity index (χ1) is 14.9. The molecule has 3 aromatic rings. The molecule has 0 atom stereocenters. The largest absolute Gasteiger partial charge is 0.478 e. The van der Waals surface area contributed by atoms with Gasteiger partial charge in [-0.25, -0.2) is 9.59 Å². The zero-order valence-corrected chi connectivity index (χ0v) is 18.2. The lowest BCUT2D eigenvalue weighted by atomic mass is 9.79. The van der Waals surface area contributed by atoms with Crippen molar-refractivity contribution in [1.29, 1.82) is 0 Å². The highest BCUT2D eigenvalue weighted by atomic mass is 16.4. The van der Waals surface area contributed by atoms with E-state index in [9.17, 15) is 19.8 Å². The van der Waals surface area contributed by atoms with Crippen LogP contribution < -0.4 is 0 Å². The summed E-state index contributed by atoms with van der Waals surface area (Å²) in [7, 11) is 0. The summed E-state index contributed by atoms with van der Waals surface area (Å²) in [5, 5.41) is 19.8. The van der Waals surface area contributed by atoms with Gasteiger partial charge in [0, 0.05) is 0 Å². The molecule has 3 aromatic carbocycles. The molecule has 0 saturated heterocycles. The SMILES string of the molecule is CCCc1cc(CC)c(CC)c(-c2ccccc2C(=O)O)c1-c1ccccc1C(=O)O. The Hall–Kier alpha value is -3.40. The van der Waals surface area contributed by atoms with Gasteiger partial charge in [0.1, 0.15) is 0 Å². The Labute approximate surface area is 183 Å². The molecule has 4 heteroatoms. The summed E-state index contributed by atoms with van der Waals surface area (Å²) >= 11 is 0. The van der Waals surface area contributed by atoms with Crippen LogP contribution in [0.1, 0.15) is 64.6 Å². The molecule has 0 spiro atoms. The second kappa shape index (κ2) is 9.61. The topological polar surface area (TPSA) is 74.6 Å². The first-order valence-electron chi connectivity index (χ1n) is 10.8. The van der Waals surface area contributed by atoms with E-state index in [1.54, 1.807) is 24.3 Å². The molecule has 0 aliphatic carbocycles. The van der Waals surface area contributed by atoms with Crippen LogP contribution in [0.3, 0.4) is 0 Å². The lowest BCUT2D eigenvalue weighted by Crippen LogP contribution is -2.08. The number of aromatic carboxylic acids is 2. The Bertz CT molecular complexity index is 1130. The van der Waals surface area contributed by atoms with E-state index in [2.05, 4.69) is 26.8 Å². The van der Waals surface area contributed by atoms with Crippen molar-refractivity contribution in [3.05, 3.63) is 82.4 Å². The van der Waals surface area contributed by atoms with Gasteiger partial charge in [0.05, 0.1) is 11.1 Å². The van der Waals surface area contributed by atoms with Crippen molar-refractivity contribution < 1.29 is 19.8 Å². The zero-order valence-electron chi connectivity index (χ0n) is 18.2. The molecule has 0 aliphatic rings. The quantitative estimate of drug-likeness (QED) is 0.440. The Morgan fingerprint density at radius 1 is 0.710 bits per heavy atom. The zero-order chi connectivity index (χ0) is 22.5. The summed E-state index contributed by atoms with van der Waals surface area (Å²) in [5.41, 5.74) is 6.70. The van der Waals surface area contributed by atoms with Crippen LogP contribution in [-0.2, 0) is 19.3 Å². The molecular formula is C27H28O4. The van der Waals surface area contributed by atoms with Gasteiger partial charge in [-0.1, -0.05) is 69.7 Å². The third-order valence-electron chi connectivity index (χ3n) is 5.72. The van der Waals surface area contributed by atoms with Crippen molar-refractivity contribution in [3.63, 3.8) is 0 Å². The fourth-order valence-electron chi connectivity index (χ4n) is 4.41. The molecule has 0 saturated carbocycles. The molecule has 0 radical (unpaired) electrons. The molecule has 31 heavy (non-hydrogen) atoms.